The molecule has 0 saturated carbocycles. The number of thioether (sulfide) groups is 2. The minimum absolute atomic E-state index is 0.502. The normalized spacial score (nSPS) is 20.1. The van der Waals surface area contributed by atoms with Gasteiger partial charge >= 0.3 is 0 Å². The Bertz CT molecular complexity index is 332. The van der Waals surface area contributed by atoms with E-state index >= 15 is 0 Å². The lowest BCUT2D eigenvalue weighted by Gasteiger charge is -2.20. The molecule has 0 spiro atoms. The van der Waals surface area contributed by atoms with Crippen LogP contribution in [0.2, 0.25) is 0 Å². The van der Waals surface area contributed by atoms with E-state index in [1.54, 1.807) is 0 Å². The van der Waals surface area contributed by atoms with Crippen LogP contribution in [-0.2, 0) is 6.42 Å². The van der Waals surface area contributed by atoms with Crippen LogP contribution in [0.3, 0.4) is 0 Å². The second-order valence-electron chi connectivity index (χ2n) is 4.66. The molecule has 0 aliphatic carbocycles. The summed E-state index contributed by atoms with van der Waals surface area (Å²) in [6, 6.07) is 3.29. The van der Waals surface area contributed by atoms with Gasteiger partial charge in [-0.05, 0) is 19.9 Å². The summed E-state index contributed by atoms with van der Waals surface area (Å²) in [5, 5.41) is 11.0. The van der Waals surface area contributed by atoms with Crippen LogP contribution in [-0.4, -0.2) is 45.3 Å². The maximum absolute atomic E-state index is 4.29. The third-order valence-electron chi connectivity index (χ3n) is 2.80. The maximum atomic E-state index is 4.29. The van der Waals surface area contributed by atoms with Crippen molar-refractivity contribution in [1.82, 2.24) is 15.5 Å². The summed E-state index contributed by atoms with van der Waals surface area (Å²) >= 11 is 4.14. The van der Waals surface area contributed by atoms with E-state index in [2.05, 4.69) is 52.0 Å². The Labute approximate surface area is 112 Å². The van der Waals surface area contributed by atoms with E-state index < -0.39 is 0 Å². The van der Waals surface area contributed by atoms with E-state index in [1.807, 2.05) is 6.92 Å². The zero-order chi connectivity index (χ0) is 12.1. The molecule has 0 aromatic carbocycles. The molecule has 1 fully saturated rings. The molecule has 96 valence electrons. The number of nitrogens with zero attached hydrogens (tertiary/aromatic N) is 1. The quantitative estimate of drug-likeness (QED) is 0.880. The van der Waals surface area contributed by atoms with Crippen molar-refractivity contribution in [3.63, 3.8) is 0 Å². The number of H-pyrrole nitrogens is 1. The van der Waals surface area contributed by atoms with Gasteiger partial charge in [-0.2, -0.15) is 28.6 Å². The first-order valence-electron chi connectivity index (χ1n) is 6.16. The predicted octanol–water partition coefficient (Wildman–Crippen LogP) is 2.09. The van der Waals surface area contributed by atoms with Gasteiger partial charge in [0.05, 0.1) is 5.69 Å². The van der Waals surface area contributed by atoms with Gasteiger partial charge in [-0.3, -0.25) is 5.10 Å². The van der Waals surface area contributed by atoms with E-state index in [0.717, 1.165) is 17.8 Å². The van der Waals surface area contributed by atoms with Crippen molar-refractivity contribution in [3.05, 3.63) is 17.5 Å². The molecule has 0 amide bonds. The monoisotopic (exact) mass is 271 g/mol. The molecule has 5 heteroatoms. The molecule has 0 unspecified atom stereocenters. The summed E-state index contributed by atoms with van der Waals surface area (Å²) < 4.78 is 0. The lowest BCUT2D eigenvalue weighted by atomic mass is 10.1. The highest BCUT2D eigenvalue weighted by atomic mass is 32.2. The van der Waals surface area contributed by atoms with Crippen LogP contribution < -0.4 is 5.32 Å². The Morgan fingerprint density at radius 2 is 2.18 bits per heavy atom. The molecular weight excluding hydrogens is 250 g/mol. The number of rotatable bonds is 4. The van der Waals surface area contributed by atoms with Crippen molar-refractivity contribution >= 4 is 23.5 Å². The van der Waals surface area contributed by atoms with Crippen molar-refractivity contribution < 1.29 is 0 Å². The van der Waals surface area contributed by atoms with Crippen molar-refractivity contribution in [2.45, 2.75) is 32.4 Å². The van der Waals surface area contributed by atoms with Gasteiger partial charge in [-0.1, -0.05) is 0 Å². The van der Waals surface area contributed by atoms with Crippen molar-refractivity contribution in [3.8, 4) is 0 Å². The molecular formula is C12H21N3S2. The Balaban J connectivity index is 1.77. The topological polar surface area (TPSA) is 40.7 Å². The molecule has 2 heterocycles. The second-order valence-corrected chi connectivity index (χ2v) is 6.96. The third-order valence-corrected chi connectivity index (χ3v) is 5.32. The SMILES string of the molecule is Cc1cc(C[C@H](C)NC2CSCCSC2)n[nH]1. The first-order valence-corrected chi connectivity index (χ1v) is 8.47. The molecule has 0 radical (unpaired) electrons. The second kappa shape index (κ2) is 6.71. The van der Waals surface area contributed by atoms with E-state index in [0.29, 0.717) is 12.1 Å². The van der Waals surface area contributed by atoms with Crippen LogP contribution in [0.15, 0.2) is 6.07 Å². The van der Waals surface area contributed by atoms with Crippen molar-refractivity contribution in [1.29, 1.82) is 0 Å². The molecule has 2 rings (SSSR count). The van der Waals surface area contributed by atoms with Gasteiger partial charge in [0.25, 0.3) is 0 Å². The van der Waals surface area contributed by atoms with Crippen LogP contribution in [0.5, 0.6) is 0 Å². The number of hydrogen-bond donors (Lipinski definition) is 2. The highest BCUT2D eigenvalue weighted by Gasteiger charge is 2.15. The van der Waals surface area contributed by atoms with E-state index in [4.69, 9.17) is 0 Å². The predicted molar refractivity (Wildman–Crippen MR) is 78.1 cm³/mol. The van der Waals surface area contributed by atoms with Crippen LogP contribution in [0.25, 0.3) is 0 Å². The maximum Gasteiger partial charge on any atom is 0.0640 e. The van der Waals surface area contributed by atoms with E-state index in [9.17, 15) is 0 Å². The van der Waals surface area contributed by atoms with Crippen LogP contribution >= 0.6 is 23.5 Å². The fourth-order valence-electron chi connectivity index (χ4n) is 2.07. The number of aromatic nitrogens is 2. The lowest BCUT2D eigenvalue weighted by Crippen LogP contribution is -2.40. The smallest absolute Gasteiger partial charge is 0.0640 e. The largest absolute Gasteiger partial charge is 0.309 e. The molecule has 1 aliphatic rings. The average molecular weight is 271 g/mol. The minimum Gasteiger partial charge on any atom is -0.309 e. The number of nitrogens with one attached hydrogen (secondary N) is 2. The van der Waals surface area contributed by atoms with Gasteiger partial charge in [0.15, 0.2) is 0 Å². The van der Waals surface area contributed by atoms with Crippen LogP contribution in [0.1, 0.15) is 18.3 Å². The highest BCUT2D eigenvalue weighted by Crippen LogP contribution is 2.17. The van der Waals surface area contributed by atoms with Gasteiger partial charge in [0, 0.05) is 47.2 Å². The van der Waals surface area contributed by atoms with Crippen LogP contribution in [0, 0.1) is 6.92 Å². The number of aryl methyl sites for hydroxylation is 1. The highest BCUT2D eigenvalue weighted by molar-refractivity contribution is 8.03. The zero-order valence-corrected chi connectivity index (χ0v) is 12.2. The minimum atomic E-state index is 0.502. The standard InChI is InChI=1S/C12H21N3S2/c1-9(5-11-6-10(2)14-15-11)13-12-7-16-3-4-17-8-12/h6,9,12-13H,3-5,7-8H2,1-2H3,(H,14,15)/t9-/m0/s1. The lowest BCUT2D eigenvalue weighted by molar-refractivity contribution is 0.493. The molecule has 1 aromatic heterocycles. The van der Waals surface area contributed by atoms with E-state index in [1.165, 1.54) is 23.0 Å². The molecule has 1 atom stereocenters. The Hall–Kier alpha value is -0.130. The summed E-state index contributed by atoms with van der Waals surface area (Å²) in [6.07, 6.45) is 1.01. The summed E-state index contributed by atoms with van der Waals surface area (Å²) in [6.45, 7) is 4.30. The van der Waals surface area contributed by atoms with Gasteiger partial charge < -0.3 is 5.32 Å². The first-order chi connectivity index (χ1) is 8.24. The van der Waals surface area contributed by atoms with Gasteiger partial charge in [0.1, 0.15) is 0 Å². The Morgan fingerprint density at radius 3 is 2.76 bits per heavy atom. The molecule has 1 aromatic rings. The Morgan fingerprint density at radius 1 is 1.47 bits per heavy atom. The molecule has 1 aliphatic heterocycles. The van der Waals surface area contributed by atoms with Gasteiger partial charge in [0.2, 0.25) is 0 Å². The molecule has 0 bridgehead atoms. The van der Waals surface area contributed by atoms with Crippen molar-refractivity contribution in [2.75, 3.05) is 23.0 Å². The Kier molecular flexibility index (Phi) is 5.25. The number of hydrogen-bond acceptors (Lipinski definition) is 4. The fraction of sp³-hybridized carbons (Fsp3) is 0.750. The fourth-order valence-corrected chi connectivity index (χ4v) is 4.49. The van der Waals surface area contributed by atoms with Crippen LogP contribution in [0.4, 0.5) is 0 Å². The third kappa shape index (κ3) is 4.56. The molecule has 2 N–H and O–H groups in total. The molecule has 1 saturated heterocycles. The summed E-state index contributed by atoms with van der Waals surface area (Å²) in [7, 11) is 0. The summed E-state index contributed by atoms with van der Waals surface area (Å²) in [5.41, 5.74) is 2.31. The molecule has 17 heavy (non-hydrogen) atoms. The first kappa shape index (κ1) is 13.3. The summed E-state index contributed by atoms with van der Waals surface area (Å²) in [5.74, 6) is 5.10. The van der Waals surface area contributed by atoms with Gasteiger partial charge in [-0.15, -0.1) is 0 Å². The average Bonchev–Trinajstić information content (AvgIpc) is 2.53. The van der Waals surface area contributed by atoms with Crippen molar-refractivity contribution in [2.24, 2.45) is 0 Å². The number of aromatic amines is 1. The zero-order valence-electron chi connectivity index (χ0n) is 10.5. The van der Waals surface area contributed by atoms with E-state index in [-0.39, 0.29) is 0 Å². The van der Waals surface area contributed by atoms with Gasteiger partial charge in [-0.25, -0.2) is 0 Å². The summed E-state index contributed by atoms with van der Waals surface area (Å²) in [4.78, 5) is 0. The molecule has 3 nitrogen and oxygen atoms in total.